The highest BCUT2D eigenvalue weighted by atomic mass is 32.2. The van der Waals surface area contributed by atoms with E-state index in [4.69, 9.17) is 5.73 Å². The van der Waals surface area contributed by atoms with Crippen molar-refractivity contribution < 1.29 is 22.7 Å². The zero-order valence-electron chi connectivity index (χ0n) is 11.7. The first-order chi connectivity index (χ1) is 9.73. The van der Waals surface area contributed by atoms with Gasteiger partial charge in [-0.1, -0.05) is 6.92 Å². The maximum atomic E-state index is 12.1. The summed E-state index contributed by atoms with van der Waals surface area (Å²) in [6.07, 6.45) is -4.82. The number of rotatable bonds is 6. The number of alkyl halides is 3. The molecule has 8 heteroatoms. The molecule has 0 spiro atoms. The van der Waals surface area contributed by atoms with E-state index in [0.717, 1.165) is 23.6 Å². The molecule has 0 aliphatic carbocycles. The summed E-state index contributed by atoms with van der Waals surface area (Å²) in [6, 6.07) is 3.39. The van der Waals surface area contributed by atoms with Crippen LogP contribution in [0.5, 0.6) is 5.75 Å². The molecule has 1 amide bonds. The number of nitrogen functional groups attached to an aromatic ring is 1. The van der Waals surface area contributed by atoms with Crippen LogP contribution in [0, 0.1) is 0 Å². The van der Waals surface area contributed by atoms with Crippen LogP contribution in [0.25, 0.3) is 0 Å². The third-order valence-corrected chi connectivity index (χ3v) is 3.59. The van der Waals surface area contributed by atoms with Gasteiger partial charge in [-0.15, -0.1) is 13.2 Å². The van der Waals surface area contributed by atoms with Crippen molar-refractivity contribution in [3.05, 3.63) is 23.8 Å². The molecule has 1 atom stereocenters. The number of amides is 1. The van der Waals surface area contributed by atoms with Gasteiger partial charge in [-0.2, -0.15) is 11.8 Å². The van der Waals surface area contributed by atoms with E-state index in [1.54, 1.807) is 11.8 Å². The van der Waals surface area contributed by atoms with E-state index in [-0.39, 0.29) is 23.2 Å². The number of benzene rings is 1. The van der Waals surface area contributed by atoms with Crippen molar-refractivity contribution in [3.63, 3.8) is 0 Å². The fraction of sp³-hybridized carbons (Fsp3) is 0.462. The van der Waals surface area contributed by atoms with Gasteiger partial charge in [0.2, 0.25) is 0 Å². The second-order valence-electron chi connectivity index (χ2n) is 4.33. The Hall–Kier alpha value is -1.57. The molecule has 0 aliphatic heterocycles. The lowest BCUT2D eigenvalue weighted by Crippen LogP contribution is -2.34. The number of hydrogen-bond donors (Lipinski definition) is 2. The Balaban J connectivity index is 2.72. The quantitative estimate of drug-likeness (QED) is 0.790. The van der Waals surface area contributed by atoms with E-state index >= 15 is 0 Å². The van der Waals surface area contributed by atoms with Crippen molar-refractivity contribution in [2.24, 2.45) is 0 Å². The van der Waals surface area contributed by atoms with E-state index in [1.807, 2.05) is 13.8 Å². The largest absolute Gasteiger partial charge is 0.573 e. The third kappa shape index (κ3) is 6.16. The van der Waals surface area contributed by atoms with Crippen LogP contribution in [0.2, 0.25) is 0 Å². The fourth-order valence-corrected chi connectivity index (χ4v) is 2.22. The number of anilines is 1. The fourth-order valence-electron chi connectivity index (χ4n) is 1.55. The average molecular weight is 322 g/mol. The Morgan fingerprint density at radius 2 is 2.14 bits per heavy atom. The first-order valence-electron chi connectivity index (χ1n) is 6.26. The summed E-state index contributed by atoms with van der Waals surface area (Å²) in [5, 5.41) is 2.75. The number of carbonyl (C=O) groups excluding carboxylic acids is 1. The predicted octanol–water partition coefficient (Wildman–Crippen LogP) is 3.04. The second-order valence-corrected chi connectivity index (χ2v) is 5.65. The molecule has 0 radical (unpaired) electrons. The Bertz CT molecular complexity index is 495. The highest BCUT2D eigenvalue weighted by molar-refractivity contribution is 7.99. The van der Waals surface area contributed by atoms with Crippen LogP contribution in [0.3, 0.4) is 0 Å². The molecule has 118 valence electrons. The lowest BCUT2D eigenvalue weighted by atomic mass is 10.1. The summed E-state index contributed by atoms with van der Waals surface area (Å²) >= 11 is 1.68. The summed E-state index contributed by atoms with van der Waals surface area (Å²) in [5.41, 5.74) is 5.42. The molecule has 1 unspecified atom stereocenters. The van der Waals surface area contributed by atoms with Gasteiger partial charge < -0.3 is 15.8 Å². The minimum absolute atomic E-state index is 0.0465. The summed E-state index contributed by atoms with van der Waals surface area (Å²) in [6.45, 7) is 3.87. The molecule has 1 aromatic rings. The van der Waals surface area contributed by atoms with E-state index < -0.39 is 12.1 Å². The first-order valence-corrected chi connectivity index (χ1v) is 7.42. The van der Waals surface area contributed by atoms with E-state index in [2.05, 4.69) is 10.1 Å². The summed E-state index contributed by atoms with van der Waals surface area (Å²) in [7, 11) is 0. The predicted molar refractivity (Wildman–Crippen MR) is 77.5 cm³/mol. The van der Waals surface area contributed by atoms with Crippen LogP contribution in [0.1, 0.15) is 24.2 Å². The Morgan fingerprint density at radius 1 is 1.48 bits per heavy atom. The van der Waals surface area contributed by atoms with Gasteiger partial charge in [0.1, 0.15) is 0 Å². The molecule has 0 bridgehead atoms. The topological polar surface area (TPSA) is 64.3 Å². The number of thioether (sulfide) groups is 1. The van der Waals surface area contributed by atoms with Crippen LogP contribution in [-0.2, 0) is 0 Å². The maximum absolute atomic E-state index is 12.1. The van der Waals surface area contributed by atoms with E-state index in [1.165, 1.54) is 6.07 Å². The van der Waals surface area contributed by atoms with Gasteiger partial charge in [-0.25, -0.2) is 0 Å². The molecule has 3 N–H and O–H groups in total. The van der Waals surface area contributed by atoms with Crippen LogP contribution in [0.4, 0.5) is 18.9 Å². The van der Waals surface area contributed by atoms with Gasteiger partial charge in [-0.05, 0) is 30.9 Å². The van der Waals surface area contributed by atoms with Crippen molar-refractivity contribution in [2.75, 3.05) is 17.2 Å². The van der Waals surface area contributed by atoms with Gasteiger partial charge >= 0.3 is 6.36 Å². The van der Waals surface area contributed by atoms with Crippen LogP contribution >= 0.6 is 11.8 Å². The molecule has 21 heavy (non-hydrogen) atoms. The molecule has 0 aliphatic rings. The lowest BCUT2D eigenvalue weighted by molar-refractivity contribution is -0.274. The summed E-state index contributed by atoms with van der Waals surface area (Å²) in [5.74, 6) is 0.794. The SMILES string of the molecule is CCSCC(C)NC(=O)c1ccc(OC(F)(F)F)c(N)c1. The molecule has 0 saturated heterocycles. The van der Waals surface area contributed by atoms with Crippen molar-refractivity contribution >= 4 is 23.4 Å². The number of hydrogen-bond acceptors (Lipinski definition) is 4. The molecular weight excluding hydrogens is 305 g/mol. The van der Waals surface area contributed by atoms with Gasteiger partial charge in [0.25, 0.3) is 5.91 Å². The normalized spacial score (nSPS) is 12.8. The molecule has 0 heterocycles. The van der Waals surface area contributed by atoms with Crippen molar-refractivity contribution in [3.8, 4) is 5.75 Å². The van der Waals surface area contributed by atoms with Crippen molar-refractivity contribution in [1.82, 2.24) is 5.32 Å². The molecule has 4 nitrogen and oxygen atoms in total. The van der Waals surface area contributed by atoms with Crippen molar-refractivity contribution in [1.29, 1.82) is 0 Å². The lowest BCUT2D eigenvalue weighted by Gasteiger charge is -2.15. The van der Waals surface area contributed by atoms with E-state index in [9.17, 15) is 18.0 Å². The monoisotopic (exact) mass is 322 g/mol. The minimum atomic E-state index is -4.82. The molecule has 1 aromatic carbocycles. The first kappa shape index (κ1) is 17.5. The van der Waals surface area contributed by atoms with Gasteiger partial charge in [-0.3, -0.25) is 4.79 Å². The smallest absolute Gasteiger partial charge is 0.404 e. The van der Waals surface area contributed by atoms with Gasteiger partial charge in [0.15, 0.2) is 5.75 Å². The highest BCUT2D eigenvalue weighted by Crippen LogP contribution is 2.28. The number of halogens is 3. The molecule has 0 saturated carbocycles. The zero-order valence-corrected chi connectivity index (χ0v) is 12.5. The summed E-state index contributed by atoms with van der Waals surface area (Å²) < 4.78 is 40.1. The van der Waals surface area contributed by atoms with Gasteiger partial charge in [0.05, 0.1) is 5.69 Å². The number of nitrogens with one attached hydrogen (secondary N) is 1. The average Bonchev–Trinajstić information content (AvgIpc) is 2.37. The maximum Gasteiger partial charge on any atom is 0.573 e. The van der Waals surface area contributed by atoms with Crippen molar-refractivity contribution in [2.45, 2.75) is 26.3 Å². The standard InChI is InChI=1S/C13H17F3N2O2S/c1-3-21-7-8(2)18-12(19)9-4-5-11(10(17)6-9)20-13(14,15)16/h4-6,8H,3,7,17H2,1-2H3,(H,18,19). The van der Waals surface area contributed by atoms with E-state index in [0.29, 0.717) is 0 Å². The molecule has 0 fully saturated rings. The Morgan fingerprint density at radius 3 is 2.67 bits per heavy atom. The van der Waals surface area contributed by atoms with Crippen LogP contribution in [-0.4, -0.2) is 29.8 Å². The number of carbonyl (C=O) groups is 1. The second kappa shape index (κ2) is 7.44. The Kier molecular flexibility index (Phi) is 6.19. The van der Waals surface area contributed by atoms with Crippen LogP contribution in [0.15, 0.2) is 18.2 Å². The van der Waals surface area contributed by atoms with Crippen LogP contribution < -0.4 is 15.8 Å². The third-order valence-electron chi connectivity index (χ3n) is 2.45. The molecule has 1 rings (SSSR count). The summed E-state index contributed by atoms with van der Waals surface area (Å²) in [4.78, 5) is 11.9. The highest BCUT2D eigenvalue weighted by Gasteiger charge is 2.32. The Labute approximate surface area is 125 Å². The zero-order chi connectivity index (χ0) is 16.0. The minimum Gasteiger partial charge on any atom is -0.404 e. The number of ether oxygens (including phenoxy) is 1. The number of nitrogens with two attached hydrogens (primary N) is 1. The molecular formula is C13H17F3N2O2S. The molecule has 0 aromatic heterocycles. The van der Waals surface area contributed by atoms with Gasteiger partial charge in [0, 0.05) is 17.4 Å².